The van der Waals surface area contributed by atoms with Gasteiger partial charge in [0.1, 0.15) is 11.3 Å². The van der Waals surface area contributed by atoms with E-state index in [-0.39, 0.29) is 0 Å². The molecule has 0 unspecified atom stereocenters. The van der Waals surface area contributed by atoms with Crippen molar-refractivity contribution in [2.45, 2.75) is 39.2 Å². The minimum Gasteiger partial charge on any atom is -0.369 e. The van der Waals surface area contributed by atoms with E-state index in [1.807, 2.05) is 34.9 Å². The predicted octanol–water partition coefficient (Wildman–Crippen LogP) is 4.60. The second-order valence-electron chi connectivity index (χ2n) is 8.00. The van der Waals surface area contributed by atoms with E-state index in [0.717, 1.165) is 46.2 Å². The Bertz CT molecular complexity index is 1130. The Kier molecular flexibility index (Phi) is 3.93. The SMILES string of the molecule is CC(C)Cn1c(N)nc2ccc(-c3[nH]c(C4CC4)nc3-c3ccccc3)nc21. The highest BCUT2D eigenvalue weighted by Gasteiger charge is 2.29. The van der Waals surface area contributed by atoms with Gasteiger partial charge in [-0.05, 0) is 30.9 Å². The molecular weight excluding hydrogens is 348 g/mol. The van der Waals surface area contributed by atoms with Crippen LogP contribution in [0.2, 0.25) is 0 Å². The number of aromatic amines is 1. The maximum atomic E-state index is 6.16. The van der Waals surface area contributed by atoms with Gasteiger partial charge in [0, 0.05) is 18.0 Å². The van der Waals surface area contributed by atoms with E-state index >= 15 is 0 Å². The number of hydrogen-bond acceptors (Lipinski definition) is 4. The standard InChI is InChI=1S/C22H24N6/c1-13(2)12-28-21-17(25-22(28)23)11-10-16(24-21)19-18(14-6-4-3-5-7-14)26-20(27-19)15-8-9-15/h3-7,10-11,13,15H,8-9,12H2,1-2H3,(H2,23,25)(H,26,27). The van der Waals surface area contributed by atoms with Gasteiger partial charge in [0.25, 0.3) is 0 Å². The lowest BCUT2D eigenvalue weighted by Crippen LogP contribution is -2.08. The third-order valence-electron chi connectivity index (χ3n) is 5.16. The van der Waals surface area contributed by atoms with Gasteiger partial charge in [0.2, 0.25) is 5.95 Å². The summed E-state index contributed by atoms with van der Waals surface area (Å²) in [5, 5.41) is 0. The third-order valence-corrected chi connectivity index (χ3v) is 5.16. The molecule has 0 radical (unpaired) electrons. The lowest BCUT2D eigenvalue weighted by Gasteiger charge is -2.09. The summed E-state index contributed by atoms with van der Waals surface area (Å²) >= 11 is 0. The molecule has 0 amide bonds. The molecular formula is C22H24N6. The van der Waals surface area contributed by atoms with Crippen molar-refractivity contribution in [1.29, 1.82) is 0 Å². The van der Waals surface area contributed by atoms with E-state index < -0.39 is 0 Å². The fourth-order valence-electron chi connectivity index (χ4n) is 3.64. The van der Waals surface area contributed by atoms with Gasteiger partial charge in [-0.25, -0.2) is 15.0 Å². The molecule has 28 heavy (non-hydrogen) atoms. The van der Waals surface area contributed by atoms with Crippen LogP contribution >= 0.6 is 0 Å². The molecule has 6 nitrogen and oxygen atoms in total. The lowest BCUT2D eigenvalue weighted by molar-refractivity contribution is 0.535. The van der Waals surface area contributed by atoms with Crippen LogP contribution in [0.15, 0.2) is 42.5 Å². The largest absolute Gasteiger partial charge is 0.369 e. The van der Waals surface area contributed by atoms with Gasteiger partial charge >= 0.3 is 0 Å². The molecule has 1 aromatic carbocycles. The monoisotopic (exact) mass is 372 g/mol. The first-order valence-electron chi connectivity index (χ1n) is 9.88. The zero-order valence-electron chi connectivity index (χ0n) is 16.2. The molecule has 0 spiro atoms. The zero-order valence-corrected chi connectivity index (χ0v) is 16.2. The first kappa shape index (κ1) is 17.0. The van der Waals surface area contributed by atoms with Crippen molar-refractivity contribution in [2.75, 3.05) is 5.73 Å². The van der Waals surface area contributed by atoms with Crippen LogP contribution in [0.1, 0.15) is 38.4 Å². The summed E-state index contributed by atoms with van der Waals surface area (Å²) < 4.78 is 2.00. The number of nitrogens with zero attached hydrogens (tertiary/aromatic N) is 4. The predicted molar refractivity (Wildman–Crippen MR) is 112 cm³/mol. The van der Waals surface area contributed by atoms with Crippen molar-refractivity contribution in [3.63, 3.8) is 0 Å². The number of benzene rings is 1. The highest BCUT2D eigenvalue weighted by molar-refractivity contribution is 5.82. The Labute approximate surface area is 163 Å². The molecule has 0 saturated heterocycles. The molecule has 0 bridgehead atoms. The Hall–Kier alpha value is -3.15. The van der Waals surface area contributed by atoms with Gasteiger partial charge in [-0.1, -0.05) is 44.2 Å². The molecule has 3 heterocycles. The van der Waals surface area contributed by atoms with E-state index in [4.69, 9.17) is 15.7 Å². The van der Waals surface area contributed by atoms with Crippen LogP contribution in [0.4, 0.5) is 5.95 Å². The number of imidazole rings is 2. The summed E-state index contributed by atoms with van der Waals surface area (Å²) in [6.45, 7) is 5.12. The van der Waals surface area contributed by atoms with Crippen LogP contribution in [0.3, 0.4) is 0 Å². The van der Waals surface area contributed by atoms with Crippen LogP contribution in [0.25, 0.3) is 33.8 Å². The summed E-state index contributed by atoms with van der Waals surface area (Å²) in [7, 11) is 0. The minimum absolute atomic E-state index is 0.457. The van der Waals surface area contributed by atoms with Crippen molar-refractivity contribution < 1.29 is 0 Å². The average Bonchev–Trinajstić information content (AvgIpc) is 3.38. The summed E-state index contributed by atoms with van der Waals surface area (Å²) in [6.07, 6.45) is 2.40. The number of fused-ring (bicyclic) bond motifs is 1. The summed E-state index contributed by atoms with van der Waals surface area (Å²) in [4.78, 5) is 17.9. The van der Waals surface area contributed by atoms with Gasteiger partial charge in [-0.3, -0.25) is 4.57 Å². The molecule has 1 saturated carbocycles. The van der Waals surface area contributed by atoms with E-state index in [1.54, 1.807) is 0 Å². The van der Waals surface area contributed by atoms with Crippen LogP contribution in [-0.2, 0) is 6.54 Å². The van der Waals surface area contributed by atoms with E-state index in [9.17, 15) is 0 Å². The molecule has 5 rings (SSSR count). The topological polar surface area (TPSA) is 85.4 Å². The molecule has 1 fully saturated rings. The van der Waals surface area contributed by atoms with Crippen LogP contribution in [0, 0.1) is 5.92 Å². The molecule has 1 aliphatic carbocycles. The van der Waals surface area contributed by atoms with E-state index in [2.05, 4.69) is 35.9 Å². The number of aromatic nitrogens is 5. The maximum Gasteiger partial charge on any atom is 0.202 e. The summed E-state index contributed by atoms with van der Waals surface area (Å²) in [5.41, 5.74) is 11.7. The van der Waals surface area contributed by atoms with Crippen LogP contribution < -0.4 is 5.73 Å². The van der Waals surface area contributed by atoms with E-state index in [1.165, 1.54) is 12.8 Å². The number of nitrogen functional groups attached to an aromatic ring is 1. The Morgan fingerprint density at radius 2 is 1.86 bits per heavy atom. The van der Waals surface area contributed by atoms with Gasteiger partial charge in [-0.2, -0.15) is 0 Å². The van der Waals surface area contributed by atoms with Crippen LogP contribution in [-0.4, -0.2) is 24.5 Å². The summed E-state index contributed by atoms with van der Waals surface area (Å²) in [5.74, 6) is 2.58. The Morgan fingerprint density at radius 3 is 2.57 bits per heavy atom. The number of nitrogens with two attached hydrogens (primary N) is 1. The van der Waals surface area contributed by atoms with Crippen molar-refractivity contribution in [1.82, 2.24) is 24.5 Å². The van der Waals surface area contributed by atoms with Gasteiger partial charge in [-0.15, -0.1) is 0 Å². The van der Waals surface area contributed by atoms with Crippen molar-refractivity contribution >= 4 is 17.1 Å². The second-order valence-corrected chi connectivity index (χ2v) is 8.00. The molecule has 0 atom stereocenters. The number of hydrogen-bond donors (Lipinski definition) is 2. The molecule has 3 N–H and O–H groups in total. The van der Waals surface area contributed by atoms with E-state index in [0.29, 0.717) is 17.8 Å². The molecule has 6 heteroatoms. The van der Waals surface area contributed by atoms with Crippen LogP contribution in [0.5, 0.6) is 0 Å². The number of anilines is 1. The molecule has 0 aliphatic heterocycles. The van der Waals surface area contributed by atoms with Gasteiger partial charge < -0.3 is 10.7 Å². The fraction of sp³-hybridized carbons (Fsp3) is 0.318. The molecule has 142 valence electrons. The highest BCUT2D eigenvalue weighted by atomic mass is 15.2. The number of pyridine rings is 1. The summed E-state index contributed by atoms with van der Waals surface area (Å²) in [6, 6.07) is 14.3. The van der Waals surface area contributed by atoms with Crippen molar-refractivity contribution in [2.24, 2.45) is 5.92 Å². The number of H-pyrrole nitrogens is 1. The number of rotatable bonds is 5. The second kappa shape index (κ2) is 6.48. The smallest absolute Gasteiger partial charge is 0.202 e. The first-order valence-corrected chi connectivity index (χ1v) is 9.88. The van der Waals surface area contributed by atoms with Gasteiger partial charge in [0.15, 0.2) is 5.65 Å². The van der Waals surface area contributed by atoms with Gasteiger partial charge in [0.05, 0.1) is 17.1 Å². The normalized spacial score (nSPS) is 14.2. The minimum atomic E-state index is 0.457. The molecule has 1 aliphatic rings. The Balaban J connectivity index is 1.67. The zero-order chi connectivity index (χ0) is 19.3. The quantitative estimate of drug-likeness (QED) is 0.536. The van der Waals surface area contributed by atoms with Crippen molar-refractivity contribution in [3.05, 3.63) is 48.3 Å². The van der Waals surface area contributed by atoms with Crippen molar-refractivity contribution in [3.8, 4) is 22.6 Å². The first-order chi connectivity index (χ1) is 13.6. The molecule has 4 aromatic rings. The average molecular weight is 372 g/mol. The molecule has 3 aromatic heterocycles. The fourth-order valence-corrected chi connectivity index (χ4v) is 3.64. The number of nitrogens with one attached hydrogen (secondary N) is 1. The third kappa shape index (κ3) is 2.95. The maximum absolute atomic E-state index is 6.16. The lowest BCUT2D eigenvalue weighted by atomic mass is 10.1. The Morgan fingerprint density at radius 1 is 1.07 bits per heavy atom. The highest BCUT2D eigenvalue weighted by Crippen LogP contribution is 2.41.